The van der Waals surface area contributed by atoms with Crippen molar-refractivity contribution in [3.05, 3.63) is 0 Å². The van der Waals surface area contributed by atoms with Crippen molar-refractivity contribution in [3.8, 4) is 0 Å². The molecule has 0 radical (unpaired) electrons. The Bertz CT molecular complexity index is 274. The molecule has 0 unspecified atom stereocenters. The first-order chi connectivity index (χ1) is 7.15. The summed E-state index contributed by atoms with van der Waals surface area (Å²) in [5, 5.41) is 46.1. The molecule has 6 atom stereocenters. The highest BCUT2D eigenvalue weighted by Gasteiger charge is 2.50. The molecule has 0 bridgehead atoms. The first-order valence-corrected chi connectivity index (χ1v) is 5.82. The zero-order chi connectivity index (χ0) is 12.7. The third-order valence-corrected chi connectivity index (χ3v) is 2.85. The van der Waals surface area contributed by atoms with Gasteiger partial charge in [0.05, 0.1) is 0 Å². The third kappa shape index (κ3) is 2.77. The highest BCUT2D eigenvalue weighted by Crippen LogP contribution is 2.41. The van der Waals surface area contributed by atoms with E-state index in [1.807, 2.05) is 0 Å². The topological polar surface area (TPSA) is 168 Å². The maximum absolute atomic E-state index is 10.5. The van der Waals surface area contributed by atoms with Gasteiger partial charge in [0, 0.05) is 0 Å². The minimum absolute atomic E-state index is 1.83. The fourth-order valence-electron chi connectivity index (χ4n) is 1.48. The summed E-state index contributed by atoms with van der Waals surface area (Å²) in [5.74, 6) is 0. The number of phosphoric acid groups is 1. The maximum atomic E-state index is 10.5. The van der Waals surface area contributed by atoms with Gasteiger partial charge in [0.25, 0.3) is 0 Å². The molecule has 0 aromatic rings. The van der Waals surface area contributed by atoms with Crippen molar-refractivity contribution in [3.63, 3.8) is 0 Å². The van der Waals surface area contributed by atoms with E-state index in [2.05, 4.69) is 4.52 Å². The molecule has 9 nitrogen and oxygen atoms in total. The number of phosphoric ester groups is 1. The van der Waals surface area contributed by atoms with Crippen LogP contribution in [0.2, 0.25) is 0 Å². The van der Waals surface area contributed by atoms with Gasteiger partial charge in [-0.05, 0) is 0 Å². The Labute approximate surface area is 89.8 Å². The van der Waals surface area contributed by atoms with E-state index in [4.69, 9.17) is 14.9 Å². The molecule has 1 saturated carbocycles. The first kappa shape index (κ1) is 14.0. The smallest absolute Gasteiger partial charge is 0.387 e. The quantitative estimate of drug-likeness (QED) is 0.247. The second-order valence-electron chi connectivity index (χ2n) is 3.51. The van der Waals surface area contributed by atoms with Crippen LogP contribution in [0, 0.1) is 0 Å². The lowest BCUT2D eigenvalue weighted by Gasteiger charge is -2.41. The van der Waals surface area contributed by atoms with Gasteiger partial charge in [-0.2, -0.15) is 0 Å². The van der Waals surface area contributed by atoms with Crippen LogP contribution in [0.4, 0.5) is 0 Å². The zero-order valence-electron chi connectivity index (χ0n) is 7.86. The Hall–Kier alpha value is -0.0900. The molecule has 0 aromatic heterocycles. The maximum Gasteiger partial charge on any atom is 0.470 e. The van der Waals surface area contributed by atoms with E-state index in [0.29, 0.717) is 0 Å². The van der Waals surface area contributed by atoms with E-state index in [0.717, 1.165) is 0 Å². The number of hydrogen-bond donors (Lipinski definition) is 7. The van der Waals surface area contributed by atoms with E-state index in [1.165, 1.54) is 0 Å². The molecular formula is C6H13O9P. The molecule has 1 rings (SSSR count). The van der Waals surface area contributed by atoms with E-state index >= 15 is 0 Å². The molecule has 1 aliphatic carbocycles. The van der Waals surface area contributed by atoms with Crippen LogP contribution >= 0.6 is 7.82 Å². The van der Waals surface area contributed by atoms with Crippen molar-refractivity contribution in [1.29, 1.82) is 0 Å². The summed E-state index contributed by atoms with van der Waals surface area (Å²) in [6, 6.07) is 0. The molecule has 1 fully saturated rings. The summed E-state index contributed by atoms with van der Waals surface area (Å²) >= 11 is 0. The minimum Gasteiger partial charge on any atom is -0.387 e. The molecule has 0 aromatic carbocycles. The van der Waals surface area contributed by atoms with Crippen molar-refractivity contribution in [2.75, 3.05) is 0 Å². The Morgan fingerprint density at radius 1 is 0.750 bits per heavy atom. The fourth-order valence-corrected chi connectivity index (χ4v) is 2.05. The van der Waals surface area contributed by atoms with Crippen LogP contribution in [0.5, 0.6) is 0 Å². The molecule has 0 aliphatic heterocycles. The summed E-state index contributed by atoms with van der Waals surface area (Å²) < 4.78 is 14.5. The van der Waals surface area contributed by atoms with Crippen molar-refractivity contribution in [2.24, 2.45) is 0 Å². The van der Waals surface area contributed by atoms with Crippen molar-refractivity contribution < 1.29 is 44.4 Å². The van der Waals surface area contributed by atoms with Gasteiger partial charge >= 0.3 is 7.82 Å². The van der Waals surface area contributed by atoms with Gasteiger partial charge in [-0.3, -0.25) is 4.52 Å². The van der Waals surface area contributed by atoms with E-state index in [9.17, 15) is 25.0 Å². The molecule has 0 saturated heterocycles. The highest BCUT2D eigenvalue weighted by molar-refractivity contribution is 7.46. The third-order valence-electron chi connectivity index (χ3n) is 2.33. The lowest BCUT2D eigenvalue weighted by atomic mass is 9.85. The van der Waals surface area contributed by atoms with Gasteiger partial charge in [-0.1, -0.05) is 0 Å². The van der Waals surface area contributed by atoms with Gasteiger partial charge in [0.2, 0.25) is 0 Å². The number of aliphatic hydroxyl groups excluding tert-OH is 5. The first-order valence-electron chi connectivity index (χ1n) is 4.29. The number of aliphatic hydroxyl groups is 5. The standard InChI is InChI=1S/C6H13O9P/c7-1-2(8)4(10)6(5(11)3(1)9)15-16(12,13)14/h1-11H,(H2,12,13,14)/t1-,2-,3-,4-,5+,6+/m0/s1. The van der Waals surface area contributed by atoms with Crippen molar-refractivity contribution in [2.45, 2.75) is 36.6 Å². The second kappa shape index (κ2) is 4.65. The molecule has 0 heterocycles. The van der Waals surface area contributed by atoms with Crippen LogP contribution in [-0.2, 0) is 9.09 Å². The lowest BCUT2D eigenvalue weighted by molar-refractivity contribution is -0.219. The van der Waals surface area contributed by atoms with E-state index in [-0.39, 0.29) is 0 Å². The van der Waals surface area contributed by atoms with Crippen molar-refractivity contribution in [1.82, 2.24) is 0 Å². The van der Waals surface area contributed by atoms with Crippen molar-refractivity contribution >= 4 is 7.82 Å². The normalized spacial score (nSPS) is 45.7. The second-order valence-corrected chi connectivity index (χ2v) is 4.71. The van der Waals surface area contributed by atoms with E-state index < -0.39 is 44.4 Å². The van der Waals surface area contributed by atoms with Gasteiger partial charge < -0.3 is 35.3 Å². The van der Waals surface area contributed by atoms with Crippen LogP contribution in [0.1, 0.15) is 0 Å². The summed E-state index contributed by atoms with van der Waals surface area (Å²) in [5.41, 5.74) is 0. The Morgan fingerprint density at radius 2 is 1.06 bits per heavy atom. The van der Waals surface area contributed by atoms with Gasteiger partial charge in [-0.25, -0.2) is 4.57 Å². The summed E-state index contributed by atoms with van der Waals surface area (Å²) in [7, 11) is -5.01. The average Bonchev–Trinajstić information content (AvgIpc) is 2.17. The van der Waals surface area contributed by atoms with Gasteiger partial charge in [0.15, 0.2) is 0 Å². The number of hydrogen-bond acceptors (Lipinski definition) is 7. The molecular weight excluding hydrogens is 247 g/mol. The molecule has 10 heteroatoms. The predicted molar refractivity (Wildman–Crippen MR) is 47.0 cm³/mol. The average molecular weight is 260 g/mol. The minimum atomic E-state index is -5.01. The Morgan fingerprint density at radius 3 is 1.38 bits per heavy atom. The zero-order valence-corrected chi connectivity index (χ0v) is 8.75. The molecule has 1 aliphatic rings. The summed E-state index contributed by atoms with van der Waals surface area (Å²) in [6.07, 6.45) is -11.3. The van der Waals surface area contributed by atoms with Crippen LogP contribution < -0.4 is 0 Å². The van der Waals surface area contributed by atoms with Crippen LogP contribution in [0.25, 0.3) is 0 Å². The predicted octanol–water partition coefficient (Wildman–Crippen LogP) is -3.72. The number of rotatable bonds is 2. The largest absolute Gasteiger partial charge is 0.470 e. The summed E-state index contributed by atoms with van der Waals surface area (Å²) in [6.45, 7) is 0. The lowest BCUT2D eigenvalue weighted by Crippen LogP contribution is -2.64. The van der Waals surface area contributed by atoms with E-state index in [1.54, 1.807) is 0 Å². The molecule has 16 heavy (non-hydrogen) atoms. The Balaban J connectivity index is 2.87. The fraction of sp³-hybridized carbons (Fsp3) is 1.00. The van der Waals surface area contributed by atoms with Gasteiger partial charge in [-0.15, -0.1) is 0 Å². The van der Waals surface area contributed by atoms with Crippen LogP contribution in [0.3, 0.4) is 0 Å². The highest BCUT2D eigenvalue weighted by atomic mass is 31.2. The monoisotopic (exact) mass is 260 g/mol. The summed E-state index contributed by atoms with van der Waals surface area (Å²) in [4.78, 5) is 17.0. The van der Waals surface area contributed by atoms with Crippen LogP contribution in [0.15, 0.2) is 0 Å². The molecule has 96 valence electrons. The Kier molecular flexibility index (Phi) is 4.06. The molecule has 0 spiro atoms. The molecule has 7 N–H and O–H groups in total. The molecule has 0 amide bonds. The van der Waals surface area contributed by atoms with Crippen LogP contribution in [-0.4, -0.2) is 71.9 Å². The van der Waals surface area contributed by atoms with Gasteiger partial charge in [0.1, 0.15) is 36.6 Å². The SMILES string of the molecule is O=P(O)(O)O[C@H]1[C@H](O)[C@@H](O)[C@@H](O)[C@H](O)[C@@H]1O.